The van der Waals surface area contributed by atoms with Crippen molar-refractivity contribution in [1.29, 1.82) is 0 Å². The minimum absolute atomic E-state index is 0.0608. The number of unbranched alkanes of at least 4 members (excludes halogenated alkanes) is 1. The molecule has 0 bridgehead atoms. The minimum Gasteiger partial charge on any atom is -0.354 e. The molecule has 0 aliphatic carbocycles. The Labute approximate surface area is 103 Å². The molecule has 1 unspecified atom stereocenters. The van der Waals surface area contributed by atoms with Crippen molar-refractivity contribution in [2.24, 2.45) is 5.73 Å². The van der Waals surface area contributed by atoms with Crippen molar-refractivity contribution >= 4 is 5.91 Å². The van der Waals surface area contributed by atoms with Gasteiger partial charge < -0.3 is 11.1 Å². The van der Waals surface area contributed by atoms with Crippen LogP contribution >= 0.6 is 0 Å². The fraction of sp³-hybridized carbons (Fsp3) is 0.538. The van der Waals surface area contributed by atoms with Gasteiger partial charge in [0.15, 0.2) is 0 Å². The number of carbonyl (C=O) groups is 1. The van der Waals surface area contributed by atoms with E-state index in [0.29, 0.717) is 6.54 Å². The van der Waals surface area contributed by atoms with Gasteiger partial charge in [-0.15, -0.1) is 0 Å². The topological polar surface area (TPSA) is 68.0 Å². The summed E-state index contributed by atoms with van der Waals surface area (Å²) in [6.45, 7) is 2.68. The SMILES string of the molecule is CCCCC(N)C(=O)NCCc1ccccn1. The first-order valence-electron chi connectivity index (χ1n) is 6.17. The summed E-state index contributed by atoms with van der Waals surface area (Å²) >= 11 is 0. The van der Waals surface area contributed by atoms with Gasteiger partial charge in [0.05, 0.1) is 6.04 Å². The molecular weight excluding hydrogens is 214 g/mol. The minimum atomic E-state index is -0.376. The molecule has 0 aromatic carbocycles. The van der Waals surface area contributed by atoms with Gasteiger partial charge in [-0.05, 0) is 18.6 Å². The number of hydrogen-bond donors (Lipinski definition) is 2. The average molecular weight is 235 g/mol. The standard InChI is InChI=1S/C13H21N3O/c1-2-3-7-12(14)13(17)16-10-8-11-6-4-5-9-15-11/h4-6,9,12H,2-3,7-8,10,14H2,1H3,(H,16,17). The number of nitrogens with one attached hydrogen (secondary N) is 1. The summed E-state index contributed by atoms with van der Waals surface area (Å²) in [7, 11) is 0. The van der Waals surface area contributed by atoms with Crippen molar-refractivity contribution in [2.45, 2.75) is 38.6 Å². The summed E-state index contributed by atoms with van der Waals surface area (Å²) < 4.78 is 0. The molecule has 4 nitrogen and oxygen atoms in total. The van der Waals surface area contributed by atoms with Gasteiger partial charge in [-0.25, -0.2) is 0 Å². The Morgan fingerprint density at radius 2 is 2.35 bits per heavy atom. The van der Waals surface area contributed by atoms with Crippen LogP contribution in [0.2, 0.25) is 0 Å². The Hall–Kier alpha value is -1.42. The van der Waals surface area contributed by atoms with Crippen molar-refractivity contribution in [3.05, 3.63) is 30.1 Å². The van der Waals surface area contributed by atoms with E-state index in [2.05, 4.69) is 17.2 Å². The van der Waals surface area contributed by atoms with Crippen LogP contribution in [0, 0.1) is 0 Å². The molecule has 1 amide bonds. The smallest absolute Gasteiger partial charge is 0.236 e. The lowest BCUT2D eigenvalue weighted by Gasteiger charge is -2.11. The number of hydrogen-bond acceptors (Lipinski definition) is 3. The number of pyridine rings is 1. The Bertz CT molecular complexity index is 327. The molecule has 1 heterocycles. The first kappa shape index (κ1) is 13.6. The first-order chi connectivity index (χ1) is 8.24. The highest BCUT2D eigenvalue weighted by atomic mass is 16.2. The number of carbonyl (C=O) groups excluding carboxylic acids is 1. The largest absolute Gasteiger partial charge is 0.354 e. The summed E-state index contributed by atoms with van der Waals surface area (Å²) in [4.78, 5) is 15.8. The van der Waals surface area contributed by atoms with E-state index in [4.69, 9.17) is 5.73 Å². The van der Waals surface area contributed by atoms with Crippen LogP contribution in [0.4, 0.5) is 0 Å². The molecule has 3 N–H and O–H groups in total. The van der Waals surface area contributed by atoms with Gasteiger partial charge in [-0.2, -0.15) is 0 Å². The van der Waals surface area contributed by atoms with E-state index in [0.717, 1.165) is 31.4 Å². The second-order valence-electron chi connectivity index (χ2n) is 4.11. The van der Waals surface area contributed by atoms with Crippen molar-refractivity contribution in [1.82, 2.24) is 10.3 Å². The summed E-state index contributed by atoms with van der Waals surface area (Å²) in [6.07, 6.45) is 5.31. The van der Waals surface area contributed by atoms with Crippen molar-refractivity contribution in [3.8, 4) is 0 Å². The highest BCUT2D eigenvalue weighted by Crippen LogP contribution is 1.98. The normalized spacial score (nSPS) is 12.1. The maximum atomic E-state index is 11.6. The van der Waals surface area contributed by atoms with E-state index in [-0.39, 0.29) is 11.9 Å². The van der Waals surface area contributed by atoms with E-state index in [9.17, 15) is 4.79 Å². The third-order valence-electron chi connectivity index (χ3n) is 2.61. The number of aromatic nitrogens is 1. The zero-order valence-corrected chi connectivity index (χ0v) is 10.4. The molecule has 1 rings (SSSR count). The van der Waals surface area contributed by atoms with Crippen LogP contribution in [0.15, 0.2) is 24.4 Å². The average Bonchev–Trinajstić information content (AvgIpc) is 2.37. The summed E-state index contributed by atoms with van der Waals surface area (Å²) in [5.41, 5.74) is 6.74. The van der Waals surface area contributed by atoms with Crippen LogP contribution in [0.1, 0.15) is 31.9 Å². The lowest BCUT2D eigenvalue weighted by atomic mass is 10.1. The number of nitrogens with zero attached hydrogens (tertiary/aromatic N) is 1. The second kappa shape index (κ2) is 7.79. The fourth-order valence-corrected chi connectivity index (χ4v) is 1.55. The van der Waals surface area contributed by atoms with Gasteiger partial charge in [-0.3, -0.25) is 9.78 Å². The van der Waals surface area contributed by atoms with Gasteiger partial charge >= 0.3 is 0 Å². The van der Waals surface area contributed by atoms with Crippen molar-refractivity contribution in [2.75, 3.05) is 6.54 Å². The molecule has 0 spiro atoms. The van der Waals surface area contributed by atoms with E-state index >= 15 is 0 Å². The second-order valence-corrected chi connectivity index (χ2v) is 4.11. The summed E-state index contributed by atoms with van der Waals surface area (Å²) in [5.74, 6) is -0.0608. The summed E-state index contributed by atoms with van der Waals surface area (Å²) in [6, 6.07) is 5.39. The predicted molar refractivity (Wildman–Crippen MR) is 68.5 cm³/mol. The van der Waals surface area contributed by atoms with Crippen LogP contribution in [0.25, 0.3) is 0 Å². The van der Waals surface area contributed by atoms with E-state index in [1.54, 1.807) is 6.20 Å². The van der Waals surface area contributed by atoms with E-state index in [1.165, 1.54) is 0 Å². The number of nitrogens with two attached hydrogens (primary N) is 1. The monoisotopic (exact) mass is 235 g/mol. The molecule has 1 aromatic rings. The van der Waals surface area contributed by atoms with Gasteiger partial charge in [0.25, 0.3) is 0 Å². The van der Waals surface area contributed by atoms with E-state index in [1.807, 2.05) is 18.2 Å². The summed E-state index contributed by atoms with van der Waals surface area (Å²) in [5, 5.41) is 2.84. The lowest BCUT2D eigenvalue weighted by molar-refractivity contribution is -0.122. The Balaban J connectivity index is 2.20. The quantitative estimate of drug-likeness (QED) is 0.747. The molecule has 0 aliphatic rings. The Kier molecular flexibility index (Phi) is 6.25. The van der Waals surface area contributed by atoms with Gasteiger partial charge in [-0.1, -0.05) is 25.8 Å². The molecule has 0 saturated carbocycles. The van der Waals surface area contributed by atoms with Crippen molar-refractivity contribution in [3.63, 3.8) is 0 Å². The van der Waals surface area contributed by atoms with E-state index < -0.39 is 0 Å². The van der Waals surface area contributed by atoms with Crippen molar-refractivity contribution < 1.29 is 4.79 Å². The van der Waals surface area contributed by atoms with Crippen LogP contribution in [-0.2, 0) is 11.2 Å². The molecule has 0 aliphatic heterocycles. The molecule has 17 heavy (non-hydrogen) atoms. The van der Waals surface area contributed by atoms with Gasteiger partial charge in [0.1, 0.15) is 0 Å². The molecule has 0 saturated heterocycles. The number of amides is 1. The fourth-order valence-electron chi connectivity index (χ4n) is 1.55. The predicted octanol–water partition coefficient (Wildman–Crippen LogP) is 1.26. The van der Waals surface area contributed by atoms with Crippen LogP contribution < -0.4 is 11.1 Å². The lowest BCUT2D eigenvalue weighted by Crippen LogP contribution is -2.41. The highest BCUT2D eigenvalue weighted by molar-refractivity contribution is 5.81. The Morgan fingerprint density at radius 3 is 3.00 bits per heavy atom. The molecule has 4 heteroatoms. The zero-order valence-electron chi connectivity index (χ0n) is 10.4. The van der Waals surface area contributed by atoms with Crippen LogP contribution in [-0.4, -0.2) is 23.5 Å². The molecule has 1 atom stereocenters. The van der Waals surface area contributed by atoms with Gasteiger partial charge in [0.2, 0.25) is 5.91 Å². The zero-order chi connectivity index (χ0) is 12.5. The Morgan fingerprint density at radius 1 is 1.53 bits per heavy atom. The molecule has 1 aromatic heterocycles. The number of rotatable bonds is 7. The van der Waals surface area contributed by atoms with Crippen LogP contribution in [0.3, 0.4) is 0 Å². The molecular formula is C13H21N3O. The maximum absolute atomic E-state index is 11.6. The molecule has 0 fully saturated rings. The highest BCUT2D eigenvalue weighted by Gasteiger charge is 2.11. The first-order valence-corrected chi connectivity index (χ1v) is 6.17. The molecule has 0 radical (unpaired) electrons. The molecule has 94 valence electrons. The third kappa shape index (κ3) is 5.45. The third-order valence-corrected chi connectivity index (χ3v) is 2.61. The van der Waals surface area contributed by atoms with Crippen LogP contribution in [0.5, 0.6) is 0 Å². The van der Waals surface area contributed by atoms with Gasteiger partial charge in [0, 0.05) is 24.9 Å². The maximum Gasteiger partial charge on any atom is 0.236 e.